The minimum Gasteiger partial charge on any atom is -0.497 e. The molecular weight excluding hydrogens is 396 g/mol. The fourth-order valence-corrected chi connectivity index (χ4v) is 5.57. The molecule has 1 spiro atoms. The fraction of sp³-hybridized carbons (Fsp3) is 0.333. The lowest BCUT2D eigenvalue weighted by molar-refractivity contribution is -0.127. The van der Waals surface area contributed by atoms with Crippen LogP contribution in [0.2, 0.25) is 0 Å². The third kappa shape index (κ3) is 4.24. The predicted octanol–water partition coefficient (Wildman–Crippen LogP) is 3.92. The Morgan fingerprint density at radius 2 is 1.70 bits per heavy atom. The van der Waals surface area contributed by atoms with Crippen molar-refractivity contribution >= 4 is 29.7 Å². The quantitative estimate of drug-likeness (QED) is 0.701. The zero-order valence-electron chi connectivity index (χ0n) is 17.1. The highest BCUT2D eigenvalue weighted by Crippen LogP contribution is 2.44. The smallest absolute Gasteiger partial charge is 0.255 e. The van der Waals surface area contributed by atoms with E-state index < -0.39 is 0 Å². The van der Waals surface area contributed by atoms with Crippen LogP contribution in [0.15, 0.2) is 60.7 Å². The lowest BCUT2D eigenvalue weighted by Gasteiger charge is -2.44. The molecule has 2 amide bonds. The number of piperidine rings is 1. The molecule has 2 aromatic carbocycles. The van der Waals surface area contributed by atoms with Gasteiger partial charge in [-0.3, -0.25) is 9.59 Å². The average Bonchev–Trinajstić information content (AvgIpc) is 3.21. The topological polar surface area (TPSA) is 49.9 Å². The second kappa shape index (κ2) is 8.96. The summed E-state index contributed by atoms with van der Waals surface area (Å²) < 4.78 is 5.19. The fourth-order valence-electron chi connectivity index (χ4n) is 4.11. The lowest BCUT2D eigenvalue weighted by atomic mass is 10.0. The zero-order valence-corrected chi connectivity index (χ0v) is 17.9. The van der Waals surface area contributed by atoms with Crippen molar-refractivity contribution in [2.75, 3.05) is 32.5 Å². The lowest BCUT2D eigenvalue weighted by Crippen LogP contribution is -2.53. The van der Waals surface area contributed by atoms with Crippen LogP contribution < -0.4 is 4.74 Å². The number of hydrogen-bond donors (Lipinski definition) is 0. The maximum absolute atomic E-state index is 13.2. The molecule has 2 aliphatic rings. The van der Waals surface area contributed by atoms with Gasteiger partial charge < -0.3 is 14.5 Å². The number of thioether (sulfide) groups is 1. The van der Waals surface area contributed by atoms with Crippen LogP contribution in [-0.2, 0) is 4.79 Å². The first-order valence-electron chi connectivity index (χ1n) is 10.2. The van der Waals surface area contributed by atoms with E-state index in [1.807, 2.05) is 82.2 Å². The van der Waals surface area contributed by atoms with Gasteiger partial charge in [0.1, 0.15) is 5.75 Å². The molecule has 30 heavy (non-hydrogen) atoms. The Morgan fingerprint density at radius 3 is 2.37 bits per heavy atom. The van der Waals surface area contributed by atoms with Crippen LogP contribution in [-0.4, -0.2) is 59.0 Å². The van der Waals surface area contributed by atoms with Crippen LogP contribution >= 0.6 is 11.8 Å². The van der Waals surface area contributed by atoms with Gasteiger partial charge in [-0.05, 0) is 48.7 Å². The van der Waals surface area contributed by atoms with E-state index in [1.54, 1.807) is 13.2 Å². The van der Waals surface area contributed by atoms with E-state index in [-0.39, 0.29) is 16.7 Å². The van der Waals surface area contributed by atoms with Gasteiger partial charge >= 0.3 is 0 Å². The van der Waals surface area contributed by atoms with Gasteiger partial charge in [0.05, 0.1) is 12.0 Å². The Hall–Kier alpha value is -2.73. The first-order chi connectivity index (χ1) is 14.6. The highest BCUT2D eigenvalue weighted by molar-refractivity contribution is 8.00. The molecule has 0 saturated carbocycles. The van der Waals surface area contributed by atoms with Gasteiger partial charge in [-0.25, -0.2) is 0 Å². The van der Waals surface area contributed by atoms with Crippen molar-refractivity contribution in [2.45, 2.75) is 17.7 Å². The number of ether oxygens (including phenoxy) is 1. The van der Waals surface area contributed by atoms with Gasteiger partial charge in [-0.15, -0.1) is 11.8 Å². The summed E-state index contributed by atoms with van der Waals surface area (Å²) in [6, 6.07) is 17.1. The van der Waals surface area contributed by atoms with Crippen molar-refractivity contribution in [1.29, 1.82) is 0 Å². The molecule has 2 fully saturated rings. The summed E-state index contributed by atoms with van der Waals surface area (Å²) in [5, 5.41) is 0. The van der Waals surface area contributed by atoms with E-state index >= 15 is 0 Å². The second-order valence-corrected chi connectivity index (χ2v) is 9.01. The average molecular weight is 423 g/mol. The third-order valence-electron chi connectivity index (χ3n) is 5.83. The summed E-state index contributed by atoms with van der Waals surface area (Å²) in [7, 11) is 1.62. The second-order valence-electron chi connectivity index (χ2n) is 7.55. The van der Waals surface area contributed by atoms with Crippen molar-refractivity contribution < 1.29 is 14.3 Å². The number of hydrogen-bond acceptors (Lipinski definition) is 4. The minimum atomic E-state index is -0.211. The molecule has 2 saturated heterocycles. The summed E-state index contributed by atoms with van der Waals surface area (Å²) in [5.74, 6) is 1.77. The maximum atomic E-state index is 13.2. The van der Waals surface area contributed by atoms with Crippen molar-refractivity contribution in [1.82, 2.24) is 9.80 Å². The Balaban J connectivity index is 1.40. The van der Waals surface area contributed by atoms with Gasteiger partial charge in [-0.1, -0.05) is 30.3 Å². The maximum Gasteiger partial charge on any atom is 0.255 e. The molecule has 5 nitrogen and oxygen atoms in total. The summed E-state index contributed by atoms with van der Waals surface area (Å²) in [6.07, 6.45) is 5.10. The number of amides is 2. The number of nitrogens with zero attached hydrogens (tertiary/aromatic N) is 2. The van der Waals surface area contributed by atoms with Crippen LogP contribution in [0.25, 0.3) is 6.08 Å². The Labute approximate surface area is 181 Å². The molecule has 4 rings (SSSR count). The van der Waals surface area contributed by atoms with Gasteiger partial charge in [0.25, 0.3) is 5.91 Å². The summed E-state index contributed by atoms with van der Waals surface area (Å²) in [4.78, 5) is 29.5. The highest BCUT2D eigenvalue weighted by Gasteiger charge is 2.46. The molecule has 156 valence electrons. The van der Waals surface area contributed by atoms with E-state index in [1.165, 1.54) is 0 Å². The third-order valence-corrected chi connectivity index (χ3v) is 7.39. The van der Waals surface area contributed by atoms with Crippen molar-refractivity contribution in [3.8, 4) is 5.75 Å². The number of methoxy groups -OCH3 is 1. The van der Waals surface area contributed by atoms with Gasteiger partial charge in [0, 0.05) is 37.0 Å². The highest BCUT2D eigenvalue weighted by atomic mass is 32.2. The van der Waals surface area contributed by atoms with Crippen LogP contribution in [0.5, 0.6) is 5.75 Å². The molecule has 6 heteroatoms. The van der Waals surface area contributed by atoms with Crippen molar-refractivity contribution in [2.24, 2.45) is 0 Å². The number of rotatable bonds is 4. The predicted molar refractivity (Wildman–Crippen MR) is 121 cm³/mol. The van der Waals surface area contributed by atoms with Crippen LogP contribution in [0.3, 0.4) is 0 Å². The number of benzene rings is 2. The van der Waals surface area contributed by atoms with Crippen LogP contribution in [0.1, 0.15) is 28.8 Å². The molecule has 0 atom stereocenters. The first kappa shape index (κ1) is 20.5. The molecular formula is C24H26N2O3S. The standard InChI is InChI=1S/C24H26N2O3S/c1-29-21-10-8-20(9-11-21)23(28)26-17-18-30-24(26)13-15-25(16-14-24)22(27)12-7-19-5-3-2-4-6-19/h2-12H,13-18H2,1H3/b12-7+. The van der Waals surface area contributed by atoms with E-state index in [2.05, 4.69) is 0 Å². The van der Waals surface area contributed by atoms with E-state index in [4.69, 9.17) is 4.74 Å². The molecule has 0 aliphatic carbocycles. The number of carbonyl (C=O) groups is 2. The Kier molecular flexibility index (Phi) is 6.13. The first-order valence-corrected chi connectivity index (χ1v) is 11.2. The number of likely N-dealkylation sites (tertiary alicyclic amines) is 1. The van der Waals surface area contributed by atoms with Crippen molar-refractivity contribution in [3.63, 3.8) is 0 Å². The molecule has 2 heterocycles. The van der Waals surface area contributed by atoms with Crippen molar-refractivity contribution in [3.05, 3.63) is 71.8 Å². The van der Waals surface area contributed by atoms with E-state index in [9.17, 15) is 9.59 Å². The SMILES string of the molecule is COc1ccc(C(=O)N2CCSC23CCN(C(=O)/C=C/c2ccccc2)CC3)cc1. The monoisotopic (exact) mass is 422 g/mol. The molecule has 0 bridgehead atoms. The Morgan fingerprint density at radius 1 is 1.00 bits per heavy atom. The van der Waals surface area contributed by atoms with Gasteiger partial charge in [-0.2, -0.15) is 0 Å². The molecule has 2 aliphatic heterocycles. The summed E-state index contributed by atoms with van der Waals surface area (Å²) in [6.45, 7) is 2.08. The van der Waals surface area contributed by atoms with E-state index in [0.717, 1.165) is 36.5 Å². The van der Waals surface area contributed by atoms with E-state index in [0.29, 0.717) is 18.7 Å². The summed E-state index contributed by atoms with van der Waals surface area (Å²) in [5.41, 5.74) is 1.70. The largest absolute Gasteiger partial charge is 0.497 e. The molecule has 0 N–H and O–H groups in total. The Bertz CT molecular complexity index is 919. The van der Waals surface area contributed by atoms with Gasteiger partial charge in [0.15, 0.2) is 0 Å². The molecule has 0 radical (unpaired) electrons. The molecule has 0 unspecified atom stereocenters. The van der Waals surface area contributed by atoms with Gasteiger partial charge in [0.2, 0.25) is 5.91 Å². The molecule has 0 aromatic heterocycles. The normalized spacial score (nSPS) is 18.2. The zero-order chi connectivity index (χ0) is 21.0. The van der Waals surface area contributed by atoms with Crippen LogP contribution in [0.4, 0.5) is 0 Å². The molecule has 2 aromatic rings. The number of carbonyl (C=O) groups excluding carboxylic acids is 2. The van der Waals surface area contributed by atoms with Crippen LogP contribution in [0, 0.1) is 0 Å². The minimum absolute atomic E-state index is 0.0322. The summed E-state index contributed by atoms with van der Waals surface area (Å²) >= 11 is 1.85.